The Balaban J connectivity index is 1.84. The van der Waals surface area contributed by atoms with Crippen LogP contribution in [0.25, 0.3) is 10.8 Å². The molecule has 24 heavy (non-hydrogen) atoms. The molecule has 0 aliphatic carbocycles. The SMILES string of the molecule is NC1Cc2ccc3ccccc3c2OC1c1cc(F)c(F)cc1F. The first-order valence-electron chi connectivity index (χ1n) is 7.62. The van der Waals surface area contributed by atoms with Crippen molar-refractivity contribution in [2.75, 3.05) is 0 Å². The van der Waals surface area contributed by atoms with Crippen molar-refractivity contribution >= 4 is 10.8 Å². The fourth-order valence-electron chi connectivity index (χ4n) is 3.21. The fraction of sp³-hybridized carbons (Fsp3) is 0.158. The summed E-state index contributed by atoms with van der Waals surface area (Å²) < 4.78 is 46.8. The number of benzene rings is 3. The van der Waals surface area contributed by atoms with Crippen molar-refractivity contribution < 1.29 is 17.9 Å². The Morgan fingerprint density at radius 3 is 2.50 bits per heavy atom. The number of fused-ring (bicyclic) bond motifs is 3. The summed E-state index contributed by atoms with van der Waals surface area (Å²) in [5.41, 5.74) is 6.97. The second-order valence-electron chi connectivity index (χ2n) is 5.97. The lowest BCUT2D eigenvalue weighted by atomic mass is 9.91. The van der Waals surface area contributed by atoms with E-state index in [0.717, 1.165) is 22.4 Å². The van der Waals surface area contributed by atoms with Crippen molar-refractivity contribution in [1.29, 1.82) is 0 Å². The molecule has 2 atom stereocenters. The highest BCUT2D eigenvalue weighted by Crippen LogP contribution is 2.40. The normalized spacial score (nSPS) is 19.8. The van der Waals surface area contributed by atoms with E-state index in [-0.39, 0.29) is 5.56 Å². The Kier molecular flexibility index (Phi) is 3.46. The van der Waals surface area contributed by atoms with Gasteiger partial charge in [-0.3, -0.25) is 0 Å². The first kappa shape index (κ1) is 15.0. The molecule has 0 bridgehead atoms. The van der Waals surface area contributed by atoms with E-state index in [2.05, 4.69) is 0 Å². The van der Waals surface area contributed by atoms with E-state index < -0.39 is 29.6 Å². The molecule has 122 valence electrons. The van der Waals surface area contributed by atoms with Crippen molar-refractivity contribution in [3.8, 4) is 5.75 Å². The van der Waals surface area contributed by atoms with Crippen LogP contribution in [0.15, 0.2) is 48.5 Å². The van der Waals surface area contributed by atoms with Crippen LogP contribution in [0.2, 0.25) is 0 Å². The number of halogens is 3. The Bertz CT molecular complexity index is 941. The van der Waals surface area contributed by atoms with Gasteiger partial charge in [-0.2, -0.15) is 0 Å². The minimum Gasteiger partial charge on any atom is -0.483 e. The van der Waals surface area contributed by atoms with Crippen molar-refractivity contribution in [1.82, 2.24) is 0 Å². The first-order valence-corrected chi connectivity index (χ1v) is 7.62. The average molecular weight is 329 g/mol. The summed E-state index contributed by atoms with van der Waals surface area (Å²) in [6.45, 7) is 0. The number of hydrogen-bond acceptors (Lipinski definition) is 2. The van der Waals surface area contributed by atoms with Gasteiger partial charge in [0.1, 0.15) is 17.7 Å². The Morgan fingerprint density at radius 1 is 0.917 bits per heavy atom. The van der Waals surface area contributed by atoms with E-state index in [1.165, 1.54) is 0 Å². The highest BCUT2D eigenvalue weighted by Gasteiger charge is 2.32. The largest absolute Gasteiger partial charge is 0.483 e. The van der Waals surface area contributed by atoms with Gasteiger partial charge in [0.15, 0.2) is 11.6 Å². The van der Waals surface area contributed by atoms with Gasteiger partial charge in [-0.1, -0.05) is 36.4 Å². The standard InChI is InChI=1S/C19H14F3NO/c20-14-9-16(22)15(21)8-13(14)19-17(23)7-11-6-5-10-3-1-2-4-12(10)18(11)24-19/h1-6,8-9,17,19H,7,23H2. The maximum Gasteiger partial charge on any atom is 0.161 e. The molecular weight excluding hydrogens is 315 g/mol. The molecule has 2 nitrogen and oxygen atoms in total. The molecule has 0 radical (unpaired) electrons. The molecule has 3 aromatic carbocycles. The van der Waals surface area contributed by atoms with E-state index in [0.29, 0.717) is 18.2 Å². The zero-order chi connectivity index (χ0) is 16.8. The number of nitrogens with two attached hydrogens (primary N) is 1. The van der Waals surface area contributed by atoms with Crippen LogP contribution in [0.5, 0.6) is 5.75 Å². The summed E-state index contributed by atoms with van der Waals surface area (Å²) in [7, 11) is 0. The first-order chi connectivity index (χ1) is 11.5. The number of rotatable bonds is 1. The Hall–Kier alpha value is -2.53. The van der Waals surface area contributed by atoms with Gasteiger partial charge in [-0.05, 0) is 23.4 Å². The molecule has 1 heterocycles. The lowest BCUT2D eigenvalue weighted by Gasteiger charge is -2.32. The van der Waals surface area contributed by atoms with Gasteiger partial charge in [0.25, 0.3) is 0 Å². The van der Waals surface area contributed by atoms with Gasteiger partial charge in [0, 0.05) is 17.0 Å². The zero-order valence-electron chi connectivity index (χ0n) is 12.6. The summed E-state index contributed by atoms with van der Waals surface area (Å²) in [6.07, 6.45) is -0.415. The van der Waals surface area contributed by atoms with Gasteiger partial charge in [0.05, 0.1) is 6.04 Å². The number of ether oxygens (including phenoxy) is 1. The van der Waals surface area contributed by atoms with E-state index in [9.17, 15) is 13.2 Å². The summed E-state index contributed by atoms with van der Waals surface area (Å²) in [4.78, 5) is 0. The predicted molar refractivity (Wildman–Crippen MR) is 85.3 cm³/mol. The van der Waals surface area contributed by atoms with E-state index in [1.54, 1.807) is 0 Å². The lowest BCUT2D eigenvalue weighted by molar-refractivity contribution is 0.151. The second kappa shape index (κ2) is 5.53. The van der Waals surface area contributed by atoms with Crippen LogP contribution in [-0.2, 0) is 6.42 Å². The minimum absolute atomic E-state index is 0.0695. The third kappa shape index (κ3) is 2.32. The van der Waals surface area contributed by atoms with Crippen molar-refractivity contribution in [2.45, 2.75) is 18.6 Å². The smallest absolute Gasteiger partial charge is 0.161 e. The van der Waals surface area contributed by atoms with Gasteiger partial charge >= 0.3 is 0 Å². The molecule has 1 aliphatic heterocycles. The molecule has 3 aromatic rings. The third-order valence-corrected chi connectivity index (χ3v) is 4.40. The minimum atomic E-state index is -1.23. The highest BCUT2D eigenvalue weighted by atomic mass is 19.2. The fourth-order valence-corrected chi connectivity index (χ4v) is 3.21. The third-order valence-electron chi connectivity index (χ3n) is 4.40. The van der Waals surface area contributed by atoms with Gasteiger partial charge in [-0.25, -0.2) is 13.2 Å². The maximum absolute atomic E-state index is 14.1. The molecule has 0 spiro atoms. The molecule has 1 aliphatic rings. The van der Waals surface area contributed by atoms with Crippen LogP contribution in [0.1, 0.15) is 17.2 Å². The molecular formula is C19H14F3NO. The highest BCUT2D eigenvalue weighted by molar-refractivity contribution is 5.89. The zero-order valence-corrected chi connectivity index (χ0v) is 12.6. The maximum atomic E-state index is 14.1. The van der Waals surface area contributed by atoms with Crippen molar-refractivity contribution in [3.63, 3.8) is 0 Å². The van der Waals surface area contributed by atoms with Crippen LogP contribution < -0.4 is 10.5 Å². The summed E-state index contributed by atoms with van der Waals surface area (Å²) in [6, 6.07) is 12.3. The van der Waals surface area contributed by atoms with Crippen LogP contribution >= 0.6 is 0 Å². The van der Waals surface area contributed by atoms with Crippen LogP contribution in [0.4, 0.5) is 13.2 Å². The molecule has 5 heteroatoms. The second-order valence-corrected chi connectivity index (χ2v) is 5.97. The molecule has 2 N–H and O–H groups in total. The molecule has 0 amide bonds. The monoisotopic (exact) mass is 329 g/mol. The molecule has 4 rings (SSSR count). The topological polar surface area (TPSA) is 35.2 Å². The van der Waals surface area contributed by atoms with E-state index in [4.69, 9.17) is 10.5 Å². The Morgan fingerprint density at radius 2 is 1.67 bits per heavy atom. The molecule has 0 saturated carbocycles. The lowest BCUT2D eigenvalue weighted by Crippen LogP contribution is -2.38. The van der Waals surface area contributed by atoms with Gasteiger partial charge in [0.2, 0.25) is 0 Å². The molecule has 0 aromatic heterocycles. The predicted octanol–water partition coefficient (Wildman–Crippen LogP) is 4.26. The number of hydrogen-bond donors (Lipinski definition) is 1. The summed E-state index contributed by atoms with van der Waals surface area (Å²) in [5, 5.41) is 1.87. The summed E-state index contributed by atoms with van der Waals surface area (Å²) in [5.74, 6) is -2.60. The van der Waals surface area contributed by atoms with Crippen molar-refractivity contribution in [2.24, 2.45) is 5.73 Å². The van der Waals surface area contributed by atoms with Crippen LogP contribution in [0.3, 0.4) is 0 Å². The van der Waals surface area contributed by atoms with E-state index in [1.807, 2.05) is 36.4 Å². The quantitative estimate of drug-likeness (QED) is 0.677. The van der Waals surface area contributed by atoms with Gasteiger partial charge < -0.3 is 10.5 Å². The molecule has 2 unspecified atom stereocenters. The molecule has 0 fully saturated rings. The molecule has 0 saturated heterocycles. The van der Waals surface area contributed by atoms with Gasteiger partial charge in [-0.15, -0.1) is 0 Å². The van der Waals surface area contributed by atoms with Crippen LogP contribution in [-0.4, -0.2) is 6.04 Å². The average Bonchev–Trinajstić information content (AvgIpc) is 2.57. The van der Waals surface area contributed by atoms with Crippen LogP contribution in [0, 0.1) is 17.5 Å². The van der Waals surface area contributed by atoms with Crippen molar-refractivity contribution in [3.05, 3.63) is 77.1 Å². The summed E-state index contributed by atoms with van der Waals surface area (Å²) >= 11 is 0. The van der Waals surface area contributed by atoms with E-state index >= 15 is 0 Å². The Labute approximate surface area is 136 Å².